The summed E-state index contributed by atoms with van der Waals surface area (Å²) in [4.78, 5) is 25.3. The van der Waals surface area contributed by atoms with Gasteiger partial charge in [0.1, 0.15) is 19.0 Å². The van der Waals surface area contributed by atoms with Crippen molar-refractivity contribution in [3.05, 3.63) is 65.2 Å². The van der Waals surface area contributed by atoms with Crippen molar-refractivity contribution in [2.75, 3.05) is 31.4 Å². The van der Waals surface area contributed by atoms with Crippen molar-refractivity contribution in [3.63, 3.8) is 0 Å². The molecule has 5 rings (SSSR count). The number of benzene rings is 2. The third-order valence-corrected chi connectivity index (χ3v) is 5.89. The second-order valence-electron chi connectivity index (χ2n) is 7.04. The lowest BCUT2D eigenvalue weighted by atomic mass is 10.2. The Bertz CT molecular complexity index is 1380. The highest BCUT2D eigenvalue weighted by atomic mass is 32.2. The van der Waals surface area contributed by atoms with Gasteiger partial charge in [-0.3, -0.25) is 18.6 Å². The van der Waals surface area contributed by atoms with Crippen molar-refractivity contribution in [1.29, 1.82) is 0 Å². The van der Waals surface area contributed by atoms with E-state index in [1.807, 2.05) is 0 Å². The minimum absolute atomic E-state index is 0.0940. The number of carbonyl (C=O) groups excluding carboxylic acids is 1. The molecule has 0 saturated carbocycles. The molecular formula is C22H19N5O5S. The largest absolute Gasteiger partial charge is 0.497 e. The van der Waals surface area contributed by atoms with Crippen LogP contribution in [0.3, 0.4) is 0 Å². The van der Waals surface area contributed by atoms with E-state index in [1.165, 1.54) is 16.3 Å². The van der Waals surface area contributed by atoms with E-state index in [0.717, 1.165) is 0 Å². The summed E-state index contributed by atoms with van der Waals surface area (Å²) in [5, 5.41) is 11.4. The van der Waals surface area contributed by atoms with Gasteiger partial charge in [0.15, 0.2) is 16.7 Å². The summed E-state index contributed by atoms with van der Waals surface area (Å²) in [6, 6.07) is 12.4. The molecule has 0 atom stereocenters. The van der Waals surface area contributed by atoms with Gasteiger partial charge in [0.25, 0.3) is 0 Å². The van der Waals surface area contributed by atoms with E-state index in [-0.39, 0.29) is 22.9 Å². The van der Waals surface area contributed by atoms with E-state index in [2.05, 4.69) is 15.5 Å². The summed E-state index contributed by atoms with van der Waals surface area (Å²) in [5.41, 5.74) is 1.14. The first kappa shape index (κ1) is 20.9. The Labute approximate surface area is 192 Å². The highest BCUT2D eigenvalue weighted by Gasteiger charge is 2.15. The summed E-state index contributed by atoms with van der Waals surface area (Å²) < 4.78 is 19.2. The SMILES string of the molecule is COc1ccc(-n2ccn3c(SCC(=O)Nc4ccc5c(c4)OCCO5)nnc3c2=O)cc1. The number of amides is 1. The monoisotopic (exact) mass is 465 g/mol. The van der Waals surface area contributed by atoms with Crippen molar-refractivity contribution in [3.8, 4) is 22.9 Å². The number of hydrogen-bond acceptors (Lipinski definition) is 8. The summed E-state index contributed by atoms with van der Waals surface area (Å²) in [6.07, 6.45) is 3.34. The molecule has 1 aliphatic heterocycles. The van der Waals surface area contributed by atoms with Crippen molar-refractivity contribution in [1.82, 2.24) is 19.2 Å². The fraction of sp³-hybridized carbons (Fsp3) is 0.182. The Hall–Kier alpha value is -3.99. The van der Waals surface area contributed by atoms with Gasteiger partial charge in [0, 0.05) is 29.8 Å². The lowest BCUT2D eigenvalue weighted by Gasteiger charge is -2.18. The number of ether oxygens (including phenoxy) is 3. The number of carbonyl (C=O) groups is 1. The topological polar surface area (TPSA) is 109 Å². The molecule has 0 fully saturated rings. The maximum absolute atomic E-state index is 12.9. The highest BCUT2D eigenvalue weighted by molar-refractivity contribution is 7.99. The molecule has 0 aliphatic carbocycles. The average Bonchev–Trinajstić information content (AvgIpc) is 3.27. The second kappa shape index (κ2) is 8.87. The smallest absolute Gasteiger partial charge is 0.300 e. The average molecular weight is 465 g/mol. The first-order valence-electron chi connectivity index (χ1n) is 10.1. The van der Waals surface area contributed by atoms with Crippen LogP contribution in [0.15, 0.2) is 64.8 Å². The first-order valence-corrected chi connectivity index (χ1v) is 11.0. The minimum Gasteiger partial charge on any atom is -0.497 e. The van der Waals surface area contributed by atoms with E-state index in [4.69, 9.17) is 14.2 Å². The van der Waals surface area contributed by atoms with Gasteiger partial charge in [-0.15, -0.1) is 10.2 Å². The molecule has 168 valence electrons. The molecule has 1 amide bonds. The molecule has 2 aromatic carbocycles. The van der Waals surface area contributed by atoms with Crippen LogP contribution < -0.4 is 25.1 Å². The summed E-state index contributed by atoms with van der Waals surface area (Å²) in [6.45, 7) is 0.979. The number of anilines is 1. The number of hydrogen-bond donors (Lipinski definition) is 1. The third kappa shape index (κ3) is 4.22. The normalized spacial score (nSPS) is 12.5. The number of nitrogens with one attached hydrogen (secondary N) is 1. The molecule has 0 radical (unpaired) electrons. The number of aromatic nitrogens is 4. The first-order chi connectivity index (χ1) is 16.1. The molecule has 10 nitrogen and oxygen atoms in total. The summed E-state index contributed by atoms with van der Waals surface area (Å²) in [5.74, 6) is 1.83. The number of thioether (sulfide) groups is 1. The van der Waals surface area contributed by atoms with E-state index in [0.29, 0.717) is 47.0 Å². The minimum atomic E-state index is -0.317. The van der Waals surface area contributed by atoms with E-state index in [1.54, 1.807) is 66.4 Å². The molecule has 0 unspecified atom stereocenters. The van der Waals surface area contributed by atoms with Crippen LogP contribution in [0, 0.1) is 0 Å². The zero-order valence-electron chi connectivity index (χ0n) is 17.6. The maximum atomic E-state index is 12.9. The molecule has 0 saturated heterocycles. The van der Waals surface area contributed by atoms with Crippen LogP contribution in [-0.4, -0.2) is 51.1 Å². The fourth-order valence-electron chi connectivity index (χ4n) is 3.36. The standard InChI is InChI=1S/C22H19N5O5S/c1-30-16-5-3-15(4-6-16)26-8-9-27-20(21(26)29)24-25-22(27)33-13-19(28)23-14-2-7-17-18(12-14)32-11-10-31-17/h2-9,12H,10-11,13H2,1H3,(H,23,28). The van der Waals surface area contributed by atoms with Crippen LogP contribution in [0.2, 0.25) is 0 Å². The Morgan fingerprint density at radius 1 is 1.09 bits per heavy atom. The molecule has 33 heavy (non-hydrogen) atoms. The van der Waals surface area contributed by atoms with Crippen molar-refractivity contribution >= 4 is 29.0 Å². The van der Waals surface area contributed by atoms with Crippen LogP contribution in [-0.2, 0) is 4.79 Å². The van der Waals surface area contributed by atoms with Gasteiger partial charge in [-0.2, -0.15) is 0 Å². The van der Waals surface area contributed by atoms with Gasteiger partial charge >= 0.3 is 5.56 Å². The number of methoxy groups -OCH3 is 1. The molecule has 1 aliphatic rings. The zero-order chi connectivity index (χ0) is 22.8. The van der Waals surface area contributed by atoms with Gasteiger partial charge in [-0.25, -0.2) is 0 Å². The Kier molecular flexibility index (Phi) is 5.61. The Balaban J connectivity index is 1.29. The van der Waals surface area contributed by atoms with Crippen LogP contribution in [0.4, 0.5) is 5.69 Å². The van der Waals surface area contributed by atoms with Crippen molar-refractivity contribution < 1.29 is 19.0 Å². The predicted molar refractivity (Wildman–Crippen MR) is 122 cm³/mol. The van der Waals surface area contributed by atoms with Crippen molar-refractivity contribution in [2.45, 2.75) is 5.16 Å². The van der Waals surface area contributed by atoms with Crippen LogP contribution in [0.25, 0.3) is 11.3 Å². The van der Waals surface area contributed by atoms with E-state index in [9.17, 15) is 9.59 Å². The van der Waals surface area contributed by atoms with Gasteiger partial charge in [-0.05, 0) is 36.4 Å². The maximum Gasteiger partial charge on any atom is 0.300 e. The molecule has 3 heterocycles. The summed E-state index contributed by atoms with van der Waals surface area (Å²) >= 11 is 1.18. The van der Waals surface area contributed by atoms with Gasteiger partial charge in [-0.1, -0.05) is 11.8 Å². The number of nitrogens with zero attached hydrogens (tertiary/aromatic N) is 4. The van der Waals surface area contributed by atoms with Gasteiger partial charge in [0.2, 0.25) is 11.6 Å². The lowest BCUT2D eigenvalue weighted by molar-refractivity contribution is -0.113. The lowest BCUT2D eigenvalue weighted by Crippen LogP contribution is -2.20. The molecule has 0 bridgehead atoms. The Morgan fingerprint density at radius 3 is 2.67 bits per heavy atom. The Morgan fingerprint density at radius 2 is 1.88 bits per heavy atom. The van der Waals surface area contributed by atoms with Gasteiger partial charge in [0.05, 0.1) is 12.9 Å². The third-order valence-electron chi connectivity index (χ3n) is 4.95. The zero-order valence-corrected chi connectivity index (χ0v) is 18.4. The molecule has 11 heteroatoms. The molecule has 0 spiro atoms. The van der Waals surface area contributed by atoms with Gasteiger partial charge < -0.3 is 19.5 Å². The predicted octanol–water partition coefficient (Wildman–Crippen LogP) is 2.39. The van der Waals surface area contributed by atoms with Crippen LogP contribution >= 0.6 is 11.8 Å². The highest BCUT2D eigenvalue weighted by Crippen LogP contribution is 2.32. The quantitative estimate of drug-likeness (QED) is 0.433. The van der Waals surface area contributed by atoms with Crippen LogP contribution in [0.5, 0.6) is 17.2 Å². The summed E-state index contributed by atoms with van der Waals surface area (Å²) in [7, 11) is 1.58. The molecule has 2 aromatic heterocycles. The van der Waals surface area contributed by atoms with E-state index < -0.39 is 0 Å². The fourth-order valence-corrected chi connectivity index (χ4v) is 4.08. The van der Waals surface area contributed by atoms with E-state index >= 15 is 0 Å². The molecule has 4 aromatic rings. The van der Waals surface area contributed by atoms with Crippen molar-refractivity contribution in [2.24, 2.45) is 0 Å². The molecular weight excluding hydrogens is 446 g/mol. The second-order valence-corrected chi connectivity index (χ2v) is 7.99. The van der Waals surface area contributed by atoms with Crippen LogP contribution in [0.1, 0.15) is 0 Å². The number of rotatable bonds is 6. The molecule has 1 N–H and O–H groups in total. The number of fused-ring (bicyclic) bond motifs is 2.